The van der Waals surface area contributed by atoms with Gasteiger partial charge in [0.05, 0.1) is 0 Å². The van der Waals surface area contributed by atoms with Crippen LogP contribution in [-0.2, 0) is 32.1 Å². The minimum absolute atomic E-state index is 0. The molecule has 0 fully saturated rings. The van der Waals surface area contributed by atoms with Crippen LogP contribution in [0, 0.1) is 11.3 Å². The van der Waals surface area contributed by atoms with Crippen LogP contribution in [0.2, 0.25) is 10.0 Å². The molecule has 0 saturated carbocycles. The Bertz CT molecular complexity index is 1880. The van der Waals surface area contributed by atoms with Crippen molar-refractivity contribution in [3.05, 3.63) is 149 Å². The fourth-order valence-corrected chi connectivity index (χ4v) is 17.6. The maximum Gasteiger partial charge on any atom is -1.00 e. The van der Waals surface area contributed by atoms with Crippen LogP contribution in [0.1, 0.15) is 113 Å². The minimum Gasteiger partial charge on any atom is -1.00 e. The molecule has 0 spiro atoms. The number of hydrogen-bond acceptors (Lipinski definition) is 0. The molecule has 0 nitrogen and oxygen atoms in total. The van der Waals surface area contributed by atoms with E-state index in [2.05, 4.69) is 154 Å². The summed E-state index contributed by atoms with van der Waals surface area (Å²) in [7, 11) is 0. The van der Waals surface area contributed by atoms with Crippen molar-refractivity contribution in [2.75, 3.05) is 0 Å². The van der Waals surface area contributed by atoms with Crippen molar-refractivity contribution >= 4 is 26.4 Å². The first-order chi connectivity index (χ1) is 22.5. The second-order valence-corrected chi connectivity index (χ2v) is 23.8. The van der Waals surface area contributed by atoms with E-state index in [0.29, 0.717) is 9.54 Å². The quantitative estimate of drug-likeness (QED) is 0.197. The van der Waals surface area contributed by atoms with Gasteiger partial charge in [-0.05, 0) is 0 Å². The smallest absolute Gasteiger partial charge is 1.00 e. The van der Waals surface area contributed by atoms with Crippen LogP contribution in [0.5, 0.6) is 0 Å². The molecule has 0 amide bonds. The predicted octanol–water partition coefficient (Wildman–Crippen LogP) is 7.45. The Kier molecular flexibility index (Phi) is 12.6. The topological polar surface area (TPSA) is 0 Å². The van der Waals surface area contributed by atoms with Crippen molar-refractivity contribution in [2.24, 2.45) is 11.3 Å². The average Bonchev–Trinajstić information content (AvgIpc) is 3.58. The molecule has 5 heteroatoms. The summed E-state index contributed by atoms with van der Waals surface area (Å²) in [5.41, 5.74) is 12.7. The van der Waals surface area contributed by atoms with Gasteiger partial charge < -0.3 is 24.8 Å². The first-order valence-electron chi connectivity index (χ1n) is 17.5. The summed E-state index contributed by atoms with van der Waals surface area (Å²) in [5, 5.41) is 1.54. The van der Waals surface area contributed by atoms with Gasteiger partial charge in [0.25, 0.3) is 0 Å². The molecular weight excluding hydrogens is 774 g/mol. The molecule has 1 atom stereocenters. The number of benzene rings is 4. The first-order valence-corrected chi connectivity index (χ1v) is 22.1. The van der Waals surface area contributed by atoms with Crippen molar-refractivity contribution in [3.63, 3.8) is 0 Å². The van der Waals surface area contributed by atoms with Crippen LogP contribution in [0.15, 0.2) is 106 Å². The van der Waals surface area contributed by atoms with E-state index in [1.807, 2.05) is 12.1 Å². The van der Waals surface area contributed by atoms with Gasteiger partial charge in [0.15, 0.2) is 0 Å². The van der Waals surface area contributed by atoms with E-state index >= 15 is 0 Å². The molecular formula is C45H50Cl4Zr. The molecule has 262 valence electrons. The minimum atomic E-state index is -3.01. The fourth-order valence-electron chi connectivity index (χ4n) is 7.43. The van der Waals surface area contributed by atoms with Crippen molar-refractivity contribution in [1.29, 1.82) is 0 Å². The summed E-state index contributed by atoms with van der Waals surface area (Å²) in [6.07, 6.45) is 6.31. The van der Waals surface area contributed by atoms with Gasteiger partial charge in [-0.25, -0.2) is 0 Å². The van der Waals surface area contributed by atoms with Crippen molar-refractivity contribution in [1.82, 2.24) is 0 Å². The van der Waals surface area contributed by atoms with E-state index in [1.165, 1.54) is 53.3 Å². The number of rotatable bonds is 5. The fraction of sp³-hybridized carbons (Fsp3) is 0.356. The SMILES string of the molecule is CCC1C=C(C(C)(C)C)C=[C]1[Zr+2](=[C](c1cccc(Cl)c1)c1cccc(Cl)c1)[CH]1c2ccc(C(C)(C)C)cc2-c2cc(C(C)(C)C)ccc21.[Cl-].[Cl-]. The van der Waals surface area contributed by atoms with E-state index in [0.717, 1.165) is 16.5 Å². The summed E-state index contributed by atoms with van der Waals surface area (Å²) < 4.78 is 3.45. The summed E-state index contributed by atoms with van der Waals surface area (Å²) in [6.45, 7) is 23.4. The number of allylic oxidation sites excluding steroid dienone is 4. The third-order valence-corrected chi connectivity index (χ3v) is 19.2. The van der Waals surface area contributed by atoms with Gasteiger partial charge >= 0.3 is 310 Å². The largest absolute Gasteiger partial charge is 1.00 e. The van der Waals surface area contributed by atoms with E-state index in [9.17, 15) is 0 Å². The molecule has 0 aromatic heterocycles. The van der Waals surface area contributed by atoms with Gasteiger partial charge in [0.2, 0.25) is 0 Å². The Balaban J connectivity index is 0.00000281. The molecule has 1 unspecified atom stereocenters. The standard InChI is InChI=1S/C21H25.C13H8Cl2.C11H17.2ClH.Zr/c1-20(2,3)16-9-7-14-11-15-8-10-17(21(4,5)6)13-19(15)18(14)12-16;14-12-5-1-3-10(8-12)7-11-4-2-6-13(15)9-11;1-5-9-6-7-10(8-9)11(2,3)4;;;/h7-13H,1-6H3;1-6,8-9H;7-9H,5H2,1-4H3;2*1H;/q;;;;;+2/p-2. The molecule has 2 aliphatic rings. The monoisotopic (exact) mass is 820 g/mol. The maximum absolute atomic E-state index is 6.81. The third kappa shape index (κ3) is 8.09. The zero-order chi connectivity index (χ0) is 34.8. The average molecular weight is 824 g/mol. The first kappa shape index (κ1) is 41.0. The van der Waals surface area contributed by atoms with E-state index in [-0.39, 0.29) is 41.1 Å². The molecule has 4 aromatic rings. The van der Waals surface area contributed by atoms with Gasteiger partial charge in [0, 0.05) is 0 Å². The molecule has 0 bridgehead atoms. The molecule has 0 heterocycles. The van der Waals surface area contributed by atoms with Gasteiger partial charge in [-0.2, -0.15) is 0 Å². The molecule has 0 radical (unpaired) electrons. The van der Waals surface area contributed by atoms with Gasteiger partial charge in [-0.3, -0.25) is 0 Å². The van der Waals surface area contributed by atoms with Crippen LogP contribution in [0.4, 0.5) is 0 Å². The molecule has 2 aliphatic carbocycles. The summed E-state index contributed by atoms with van der Waals surface area (Å²) in [5.74, 6) is 0.414. The molecule has 50 heavy (non-hydrogen) atoms. The van der Waals surface area contributed by atoms with Crippen LogP contribution < -0.4 is 24.8 Å². The van der Waals surface area contributed by atoms with Crippen LogP contribution in [0.25, 0.3) is 11.1 Å². The maximum atomic E-state index is 6.81. The van der Waals surface area contributed by atoms with E-state index in [1.54, 1.807) is 3.28 Å². The molecule has 0 aliphatic heterocycles. The second kappa shape index (κ2) is 15.3. The van der Waals surface area contributed by atoms with Crippen molar-refractivity contribution < 1.29 is 46.1 Å². The molecule has 0 saturated heterocycles. The Hall–Kier alpha value is -1.73. The van der Waals surface area contributed by atoms with Gasteiger partial charge in [0.1, 0.15) is 0 Å². The Morgan fingerprint density at radius 2 is 1.08 bits per heavy atom. The van der Waals surface area contributed by atoms with Crippen LogP contribution in [-0.4, -0.2) is 3.21 Å². The summed E-state index contributed by atoms with van der Waals surface area (Å²) >= 11 is 10.6. The molecule has 4 aromatic carbocycles. The number of halogens is 4. The van der Waals surface area contributed by atoms with Crippen LogP contribution >= 0.6 is 23.2 Å². The second-order valence-electron chi connectivity index (χ2n) is 16.8. The van der Waals surface area contributed by atoms with E-state index < -0.39 is 21.3 Å². The number of fused-ring (bicyclic) bond motifs is 3. The van der Waals surface area contributed by atoms with Gasteiger partial charge in [-0.1, -0.05) is 0 Å². The summed E-state index contributed by atoms with van der Waals surface area (Å²) in [6, 6.07) is 32.0. The number of hydrogen-bond donors (Lipinski definition) is 0. The Morgan fingerprint density at radius 3 is 1.46 bits per heavy atom. The van der Waals surface area contributed by atoms with Gasteiger partial charge in [-0.15, -0.1) is 0 Å². The van der Waals surface area contributed by atoms with Crippen LogP contribution in [0.3, 0.4) is 0 Å². The molecule has 6 rings (SSSR count). The predicted molar refractivity (Wildman–Crippen MR) is 207 cm³/mol. The van der Waals surface area contributed by atoms with Crippen molar-refractivity contribution in [3.8, 4) is 11.1 Å². The van der Waals surface area contributed by atoms with E-state index in [4.69, 9.17) is 23.2 Å². The zero-order valence-corrected chi connectivity index (χ0v) is 36.6. The summed E-state index contributed by atoms with van der Waals surface area (Å²) in [4.78, 5) is 0. The Morgan fingerprint density at radius 1 is 0.620 bits per heavy atom. The Labute approximate surface area is 331 Å². The van der Waals surface area contributed by atoms with Crippen molar-refractivity contribution in [2.45, 2.75) is 90.1 Å². The third-order valence-electron chi connectivity index (χ3n) is 10.2. The zero-order valence-electron chi connectivity index (χ0n) is 31.1. The normalized spacial score (nSPS) is 15.5. The molecule has 0 N–H and O–H groups in total.